The van der Waals surface area contributed by atoms with Crippen LogP contribution in [0, 0.1) is 0 Å². The van der Waals surface area contributed by atoms with Gasteiger partial charge < -0.3 is 14.6 Å². The smallest absolute Gasteiger partial charge is 0.336 e. The molecule has 2 N–H and O–H groups in total. The molecule has 0 saturated heterocycles. The van der Waals surface area contributed by atoms with Gasteiger partial charge in [0.05, 0.1) is 12.7 Å². The highest BCUT2D eigenvalue weighted by Crippen LogP contribution is 2.29. The van der Waals surface area contributed by atoms with E-state index in [4.69, 9.17) is 9.52 Å². The van der Waals surface area contributed by atoms with E-state index < -0.39 is 6.10 Å². The van der Waals surface area contributed by atoms with Gasteiger partial charge in [-0.15, -0.1) is 0 Å². The number of hydrogen-bond donors (Lipinski definition) is 2. The van der Waals surface area contributed by atoms with Crippen molar-refractivity contribution in [2.75, 3.05) is 12.4 Å². The second kappa shape index (κ2) is 6.22. The van der Waals surface area contributed by atoms with Crippen LogP contribution in [0.4, 0.5) is 0 Å². The normalized spacial score (nSPS) is 15.3. The van der Waals surface area contributed by atoms with Gasteiger partial charge in [-0.25, -0.2) is 4.79 Å². The van der Waals surface area contributed by atoms with Crippen molar-refractivity contribution < 1.29 is 14.6 Å². The molecule has 1 aromatic carbocycles. The molecular weight excluding hydrogens is 288 g/mol. The number of thioether (sulfide) groups is 1. The molecule has 0 spiro atoms. The molecule has 21 heavy (non-hydrogen) atoms. The number of hydrogen-bond acceptors (Lipinski definition) is 5. The lowest BCUT2D eigenvalue weighted by molar-refractivity contribution is 0.113. The van der Waals surface area contributed by atoms with Crippen LogP contribution < -0.4 is 5.63 Å². The Kier molecular flexibility index (Phi) is 4.33. The summed E-state index contributed by atoms with van der Waals surface area (Å²) in [7, 11) is 0. The van der Waals surface area contributed by atoms with Gasteiger partial charge in [-0.3, -0.25) is 0 Å². The second-order valence-corrected chi connectivity index (χ2v) is 6.44. The van der Waals surface area contributed by atoms with Crippen LogP contribution in [0.25, 0.3) is 11.0 Å². The van der Waals surface area contributed by atoms with Crippen molar-refractivity contribution in [3.8, 4) is 0 Å². The fourth-order valence-corrected chi connectivity index (χ4v) is 3.73. The maximum atomic E-state index is 11.7. The van der Waals surface area contributed by atoms with Gasteiger partial charge >= 0.3 is 5.63 Å². The molecule has 0 amide bonds. The third kappa shape index (κ3) is 3.15. The van der Waals surface area contributed by atoms with E-state index in [-0.39, 0.29) is 12.2 Å². The SMILES string of the molecule is O=c1cc(CSC[C@H](O)CO)c2cc3c(cc2o1)CCC3. The molecule has 0 unspecified atom stereocenters. The molecular formula is C16H18O4S. The summed E-state index contributed by atoms with van der Waals surface area (Å²) in [5, 5.41) is 19.2. The van der Waals surface area contributed by atoms with Crippen LogP contribution in [0.1, 0.15) is 23.1 Å². The number of aliphatic hydroxyl groups excluding tert-OH is 2. The highest BCUT2D eigenvalue weighted by molar-refractivity contribution is 7.98. The van der Waals surface area contributed by atoms with Gasteiger partial charge in [-0.1, -0.05) is 0 Å². The van der Waals surface area contributed by atoms with E-state index in [2.05, 4.69) is 6.07 Å². The number of fused-ring (bicyclic) bond motifs is 2. The van der Waals surface area contributed by atoms with Crippen molar-refractivity contribution in [3.63, 3.8) is 0 Å². The zero-order valence-corrected chi connectivity index (χ0v) is 12.5. The number of aryl methyl sites for hydroxylation is 2. The maximum Gasteiger partial charge on any atom is 0.336 e. The van der Waals surface area contributed by atoms with E-state index >= 15 is 0 Å². The van der Waals surface area contributed by atoms with Crippen molar-refractivity contribution in [2.45, 2.75) is 31.1 Å². The van der Waals surface area contributed by atoms with Crippen molar-refractivity contribution in [1.82, 2.24) is 0 Å². The second-order valence-electron chi connectivity index (χ2n) is 5.41. The molecule has 1 atom stereocenters. The lowest BCUT2D eigenvalue weighted by atomic mass is 10.0. The number of benzene rings is 1. The largest absolute Gasteiger partial charge is 0.423 e. The maximum absolute atomic E-state index is 11.7. The molecule has 112 valence electrons. The van der Waals surface area contributed by atoms with Gasteiger partial charge in [-0.05, 0) is 48.1 Å². The van der Waals surface area contributed by atoms with Crippen molar-refractivity contribution in [3.05, 3.63) is 45.3 Å². The van der Waals surface area contributed by atoms with E-state index in [0.717, 1.165) is 30.2 Å². The zero-order chi connectivity index (χ0) is 14.8. The summed E-state index contributed by atoms with van der Waals surface area (Å²) >= 11 is 1.51. The third-order valence-corrected chi connectivity index (χ3v) is 4.96. The predicted molar refractivity (Wildman–Crippen MR) is 83.8 cm³/mol. The van der Waals surface area contributed by atoms with Gasteiger partial charge in [0, 0.05) is 23.0 Å². The van der Waals surface area contributed by atoms with Crippen LogP contribution in [0.2, 0.25) is 0 Å². The Labute approximate surface area is 126 Å². The van der Waals surface area contributed by atoms with Crippen LogP contribution in [0.15, 0.2) is 27.4 Å². The van der Waals surface area contributed by atoms with Crippen LogP contribution in [0.3, 0.4) is 0 Å². The van der Waals surface area contributed by atoms with Crippen LogP contribution in [-0.4, -0.2) is 28.7 Å². The van der Waals surface area contributed by atoms with Gasteiger partial charge in [-0.2, -0.15) is 11.8 Å². The highest BCUT2D eigenvalue weighted by Gasteiger charge is 2.15. The quantitative estimate of drug-likeness (QED) is 0.825. The lowest BCUT2D eigenvalue weighted by Gasteiger charge is -2.09. The zero-order valence-electron chi connectivity index (χ0n) is 11.7. The molecule has 3 rings (SSSR count). The summed E-state index contributed by atoms with van der Waals surface area (Å²) in [6, 6.07) is 5.66. The summed E-state index contributed by atoms with van der Waals surface area (Å²) in [4.78, 5) is 11.7. The first-order valence-corrected chi connectivity index (χ1v) is 8.28. The minimum atomic E-state index is -0.717. The molecule has 5 heteroatoms. The molecule has 2 aromatic rings. The Morgan fingerprint density at radius 1 is 1.24 bits per heavy atom. The average Bonchev–Trinajstić information content (AvgIpc) is 2.92. The summed E-state index contributed by atoms with van der Waals surface area (Å²) in [6.45, 7) is -0.238. The minimum Gasteiger partial charge on any atom is -0.423 e. The van der Waals surface area contributed by atoms with Crippen LogP contribution in [0.5, 0.6) is 0 Å². The predicted octanol–water partition coefficient (Wildman–Crippen LogP) is 1.87. The van der Waals surface area contributed by atoms with Crippen molar-refractivity contribution >= 4 is 22.7 Å². The molecule has 4 nitrogen and oxygen atoms in total. The molecule has 1 heterocycles. The summed E-state index contributed by atoms with van der Waals surface area (Å²) in [5.41, 5.74) is 3.88. The van der Waals surface area contributed by atoms with E-state index in [0.29, 0.717) is 17.1 Å². The first-order valence-electron chi connectivity index (χ1n) is 7.12. The third-order valence-electron chi connectivity index (χ3n) is 3.82. The van der Waals surface area contributed by atoms with E-state index in [1.165, 1.54) is 29.0 Å². The monoisotopic (exact) mass is 306 g/mol. The first-order chi connectivity index (χ1) is 10.2. The molecule has 1 aromatic heterocycles. The molecule has 1 aliphatic rings. The molecule has 0 radical (unpaired) electrons. The van der Waals surface area contributed by atoms with Crippen molar-refractivity contribution in [2.24, 2.45) is 0 Å². The Morgan fingerprint density at radius 3 is 2.76 bits per heavy atom. The Hall–Kier alpha value is -1.30. The molecule has 0 aliphatic heterocycles. The summed E-state index contributed by atoms with van der Waals surface area (Å²) in [5.74, 6) is 1.07. The van der Waals surface area contributed by atoms with Gasteiger partial charge in [0.15, 0.2) is 0 Å². The number of aliphatic hydroxyl groups is 2. The Balaban J connectivity index is 1.92. The fourth-order valence-electron chi connectivity index (χ4n) is 2.77. The Morgan fingerprint density at radius 2 is 2.00 bits per heavy atom. The Bertz CT molecular complexity index is 707. The van der Waals surface area contributed by atoms with Crippen molar-refractivity contribution in [1.29, 1.82) is 0 Å². The van der Waals surface area contributed by atoms with E-state index in [9.17, 15) is 9.90 Å². The standard InChI is InChI=1S/C16H18O4S/c17-7-13(18)9-21-8-12-6-16(19)20-15-5-11-3-1-2-10(11)4-14(12)15/h4-6,13,17-18H,1-3,7-9H2/t13-/m1/s1. The lowest BCUT2D eigenvalue weighted by Crippen LogP contribution is -2.14. The number of rotatable bonds is 5. The van der Waals surface area contributed by atoms with Gasteiger partial charge in [0.1, 0.15) is 5.58 Å². The van der Waals surface area contributed by atoms with Gasteiger partial charge in [0.2, 0.25) is 0 Å². The summed E-state index contributed by atoms with van der Waals surface area (Å²) < 4.78 is 5.32. The molecule has 0 fully saturated rings. The van der Waals surface area contributed by atoms with Gasteiger partial charge in [0.25, 0.3) is 0 Å². The van der Waals surface area contributed by atoms with E-state index in [1.54, 1.807) is 0 Å². The molecule has 0 saturated carbocycles. The van der Waals surface area contributed by atoms with Crippen LogP contribution >= 0.6 is 11.8 Å². The fraction of sp³-hybridized carbons (Fsp3) is 0.438. The molecule has 0 bridgehead atoms. The first kappa shape index (κ1) is 14.6. The molecule has 1 aliphatic carbocycles. The highest BCUT2D eigenvalue weighted by atomic mass is 32.2. The summed E-state index contributed by atoms with van der Waals surface area (Å²) in [6.07, 6.45) is 2.57. The minimum absolute atomic E-state index is 0.238. The average molecular weight is 306 g/mol. The topological polar surface area (TPSA) is 70.7 Å². The van der Waals surface area contributed by atoms with E-state index in [1.807, 2.05) is 6.07 Å². The van der Waals surface area contributed by atoms with Crippen LogP contribution in [-0.2, 0) is 18.6 Å².